The molecular weight excluding hydrogens is 254 g/mol. The molecule has 0 radical (unpaired) electrons. The Morgan fingerprint density at radius 2 is 1.95 bits per heavy atom. The lowest BCUT2D eigenvalue weighted by molar-refractivity contribution is -0.123. The third-order valence-corrected chi connectivity index (χ3v) is 3.34. The van der Waals surface area contributed by atoms with Crippen LogP contribution in [0.25, 0.3) is 0 Å². The molecule has 0 saturated heterocycles. The van der Waals surface area contributed by atoms with E-state index in [1.54, 1.807) is 0 Å². The molecule has 1 unspecified atom stereocenters. The van der Waals surface area contributed by atoms with E-state index >= 15 is 0 Å². The van der Waals surface area contributed by atoms with Crippen molar-refractivity contribution in [2.75, 3.05) is 13.2 Å². The summed E-state index contributed by atoms with van der Waals surface area (Å²) in [5, 5.41) is 21.8. The molecule has 1 aromatic rings. The Morgan fingerprint density at radius 1 is 1.30 bits per heavy atom. The number of carbonyl (C=O) groups is 1. The third-order valence-electron chi connectivity index (χ3n) is 3.34. The summed E-state index contributed by atoms with van der Waals surface area (Å²) in [6.45, 7) is 4.71. The largest absolute Gasteiger partial charge is 0.396 e. The molecule has 0 bridgehead atoms. The number of nitrogens with one attached hydrogen (secondary N) is 1. The predicted octanol–water partition coefficient (Wildman–Crippen LogP) is 2.03. The molecule has 0 aliphatic heterocycles. The average molecular weight is 279 g/mol. The molecule has 3 N–H and O–H groups in total. The van der Waals surface area contributed by atoms with Gasteiger partial charge in [-0.15, -0.1) is 0 Å². The van der Waals surface area contributed by atoms with Gasteiger partial charge in [-0.1, -0.05) is 44.2 Å². The topological polar surface area (TPSA) is 69.6 Å². The van der Waals surface area contributed by atoms with Crippen LogP contribution in [0.5, 0.6) is 0 Å². The van der Waals surface area contributed by atoms with E-state index in [1.807, 2.05) is 44.2 Å². The highest BCUT2D eigenvalue weighted by Crippen LogP contribution is 2.20. The number of hydrogen-bond donors (Lipinski definition) is 3. The fraction of sp³-hybridized carbons (Fsp3) is 0.562. The normalized spacial score (nSPS) is 13.0. The second kappa shape index (κ2) is 8.02. The second-order valence-corrected chi connectivity index (χ2v) is 5.91. The second-order valence-electron chi connectivity index (χ2n) is 5.91. The molecule has 0 heterocycles. The van der Waals surface area contributed by atoms with E-state index in [4.69, 9.17) is 5.11 Å². The number of aliphatic hydroxyl groups is 2. The van der Waals surface area contributed by atoms with Crippen LogP contribution < -0.4 is 5.32 Å². The lowest BCUT2D eigenvalue weighted by Crippen LogP contribution is -2.27. The molecule has 4 nitrogen and oxygen atoms in total. The number of rotatable bonds is 8. The van der Waals surface area contributed by atoms with Crippen LogP contribution in [0.1, 0.15) is 44.8 Å². The standard InChI is InChI=1S/C16H25NO3/c1-16(2,12-18)9-6-10-17-15(20)11-14(19)13-7-4-3-5-8-13/h3-5,7-8,14,18-19H,6,9-12H2,1-2H3,(H,17,20). The van der Waals surface area contributed by atoms with E-state index in [1.165, 1.54) is 0 Å². The molecule has 0 fully saturated rings. The van der Waals surface area contributed by atoms with Gasteiger partial charge in [0.1, 0.15) is 0 Å². The molecule has 0 aliphatic carbocycles. The predicted molar refractivity (Wildman–Crippen MR) is 79.1 cm³/mol. The van der Waals surface area contributed by atoms with Gasteiger partial charge in [-0.3, -0.25) is 4.79 Å². The van der Waals surface area contributed by atoms with Crippen LogP contribution in [0.3, 0.4) is 0 Å². The Hall–Kier alpha value is -1.39. The molecule has 1 aromatic carbocycles. The summed E-state index contributed by atoms with van der Waals surface area (Å²) < 4.78 is 0. The maximum Gasteiger partial charge on any atom is 0.222 e. The summed E-state index contributed by atoms with van der Waals surface area (Å²) in [6, 6.07) is 9.17. The van der Waals surface area contributed by atoms with Crippen molar-refractivity contribution in [2.24, 2.45) is 5.41 Å². The van der Waals surface area contributed by atoms with Gasteiger partial charge in [0, 0.05) is 13.2 Å². The molecular formula is C16H25NO3. The minimum Gasteiger partial charge on any atom is -0.396 e. The maximum absolute atomic E-state index is 11.7. The van der Waals surface area contributed by atoms with Gasteiger partial charge in [-0.2, -0.15) is 0 Å². The number of hydrogen-bond acceptors (Lipinski definition) is 3. The first-order valence-corrected chi connectivity index (χ1v) is 7.05. The molecule has 0 spiro atoms. The van der Waals surface area contributed by atoms with Gasteiger partial charge in [-0.05, 0) is 23.8 Å². The van der Waals surface area contributed by atoms with Crippen molar-refractivity contribution < 1.29 is 15.0 Å². The summed E-state index contributed by atoms with van der Waals surface area (Å²) in [5.74, 6) is -0.150. The van der Waals surface area contributed by atoms with Gasteiger partial charge in [0.15, 0.2) is 0 Å². The highest BCUT2D eigenvalue weighted by Gasteiger charge is 2.16. The quantitative estimate of drug-likeness (QED) is 0.638. The first-order chi connectivity index (χ1) is 9.44. The van der Waals surface area contributed by atoms with Crippen molar-refractivity contribution in [1.29, 1.82) is 0 Å². The van der Waals surface area contributed by atoms with Crippen molar-refractivity contribution in [3.8, 4) is 0 Å². The van der Waals surface area contributed by atoms with Crippen LogP contribution in [-0.4, -0.2) is 29.3 Å². The van der Waals surface area contributed by atoms with Crippen molar-refractivity contribution in [2.45, 2.75) is 39.2 Å². The average Bonchev–Trinajstić information content (AvgIpc) is 2.44. The summed E-state index contributed by atoms with van der Waals surface area (Å²) >= 11 is 0. The van der Waals surface area contributed by atoms with Crippen LogP contribution >= 0.6 is 0 Å². The highest BCUT2D eigenvalue weighted by atomic mass is 16.3. The Kier molecular flexibility index (Phi) is 6.68. The van der Waals surface area contributed by atoms with E-state index in [0.29, 0.717) is 6.54 Å². The van der Waals surface area contributed by atoms with Crippen LogP contribution in [0, 0.1) is 5.41 Å². The van der Waals surface area contributed by atoms with E-state index in [0.717, 1.165) is 18.4 Å². The van der Waals surface area contributed by atoms with E-state index in [2.05, 4.69) is 5.32 Å². The Bertz CT molecular complexity index is 403. The van der Waals surface area contributed by atoms with E-state index < -0.39 is 6.10 Å². The van der Waals surface area contributed by atoms with Crippen LogP contribution in [0.4, 0.5) is 0 Å². The first-order valence-electron chi connectivity index (χ1n) is 7.05. The van der Waals surface area contributed by atoms with Crippen molar-refractivity contribution in [1.82, 2.24) is 5.32 Å². The lowest BCUT2D eigenvalue weighted by Gasteiger charge is -2.21. The summed E-state index contributed by atoms with van der Waals surface area (Å²) in [5.41, 5.74) is 0.651. The van der Waals surface area contributed by atoms with Crippen LogP contribution in [0.2, 0.25) is 0 Å². The number of aliphatic hydroxyl groups excluding tert-OH is 2. The minimum absolute atomic E-state index is 0.0768. The van der Waals surface area contributed by atoms with Crippen molar-refractivity contribution in [3.63, 3.8) is 0 Å². The molecule has 1 atom stereocenters. The van der Waals surface area contributed by atoms with Gasteiger partial charge in [0.25, 0.3) is 0 Å². The van der Waals surface area contributed by atoms with Gasteiger partial charge < -0.3 is 15.5 Å². The summed E-state index contributed by atoms with van der Waals surface area (Å²) in [7, 11) is 0. The van der Waals surface area contributed by atoms with Gasteiger partial charge in [0.2, 0.25) is 5.91 Å². The van der Waals surface area contributed by atoms with E-state index in [9.17, 15) is 9.90 Å². The van der Waals surface area contributed by atoms with Gasteiger partial charge >= 0.3 is 0 Å². The maximum atomic E-state index is 11.7. The summed E-state index contributed by atoms with van der Waals surface area (Å²) in [4.78, 5) is 11.7. The molecule has 0 aromatic heterocycles. The highest BCUT2D eigenvalue weighted by molar-refractivity contribution is 5.76. The van der Waals surface area contributed by atoms with Gasteiger partial charge in [0.05, 0.1) is 12.5 Å². The SMILES string of the molecule is CC(C)(CO)CCCNC(=O)CC(O)c1ccccc1. The van der Waals surface area contributed by atoms with Crippen LogP contribution in [0.15, 0.2) is 30.3 Å². The Labute approximate surface area is 120 Å². The Balaban J connectivity index is 2.24. The first kappa shape index (κ1) is 16.7. The zero-order chi connectivity index (χ0) is 15.0. The van der Waals surface area contributed by atoms with Crippen molar-refractivity contribution >= 4 is 5.91 Å². The van der Waals surface area contributed by atoms with E-state index in [-0.39, 0.29) is 24.3 Å². The van der Waals surface area contributed by atoms with Gasteiger partial charge in [-0.25, -0.2) is 0 Å². The van der Waals surface area contributed by atoms with Crippen molar-refractivity contribution in [3.05, 3.63) is 35.9 Å². The Morgan fingerprint density at radius 3 is 2.55 bits per heavy atom. The molecule has 1 rings (SSSR count). The number of carbonyl (C=O) groups excluding carboxylic acids is 1. The molecule has 20 heavy (non-hydrogen) atoms. The summed E-state index contributed by atoms with van der Waals surface area (Å²) in [6.07, 6.45) is 0.990. The monoisotopic (exact) mass is 279 g/mol. The van der Waals surface area contributed by atoms with Crippen LogP contribution in [-0.2, 0) is 4.79 Å². The number of amides is 1. The fourth-order valence-electron chi connectivity index (χ4n) is 1.91. The zero-order valence-corrected chi connectivity index (χ0v) is 12.3. The number of benzene rings is 1. The molecule has 0 aliphatic rings. The molecule has 112 valence electrons. The minimum atomic E-state index is -0.759. The fourth-order valence-corrected chi connectivity index (χ4v) is 1.91. The molecule has 0 saturated carbocycles. The third kappa shape index (κ3) is 6.17. The molecule has 1 amide bonds. The zero-order valence-electron chi connectivity index (χ0n) is 12.3. The molecule has 4 heteroatoms. The lowest BCUT2D eigenvalue weighted by atomic mass is 9.89. The smallest absolute Gasteiger partial charge is 0.222 e.